The minimum atomic E-state index is -0.0654. The van der Waals surface area contributed by atoms with Gasteiger partial charge in [0.25, 0.3) is 5.91 Å². The van der Waals surface area contributed by atoms with Crippen LogP contribution in [0.25, 0.3) is 0 Å². The van der Waals surface area contributed by atoms with Crippen LogP contribution in [0.2, 0.25) is 0 Å². The summed E-state index contributed by atoms with van der Waals surface area (Å²) in [7, 11) is 0. The van der Waals surface area contributed by atoms with Gasteiger partial charge >= 0.3 is 0 Å². The van der Waals surface area contributed by atoms with E-state index in [0.717, 1.165) is 37.6 Å². The molecule has 1 heterocycles. The maximum atomic E-state index is 12.6. The molecule has 1 saturated heterocycles. The van der Waals surface area contributed by atoms with Gasteiger partial charge in [-0.2, -0.15) is 0 Å². The number of hydrogen-bond acceptors (Lipinski definition) is 3. The average Bonchev–Trinajstić information content (AvgIpc) is 3.18. The molecule has 3 rings (SSSR count). The summed E-state index contributed by atoms with van der Waals surface area (Å²) in [5.41, 5.74) is 5.17. The van der Waals surface area contributed by atoms with Crippen molar-refractivity contribution >= 4 is 23.0 Å². The third kappa shape index (κ3) is 4.01. The fourth-order valence-corrected chi connectivity index (χ4v) is 3.66. The lowest BCUT2D eigenvalue weighted by Crippen LogP contribution is -2.22. The first-order valence-electron chi connectivity index (χ1n) is 9.64. The highest BCUT2D eigenvalue weighted by atomic mass is 16.1. The Balaban J connectivity index is 1.68. The predicted molar refractivity (Wildman–Crippen MR) is 111 cm³/mol. The lowest BCUT2D eigenvalue weighted by atomic mass is 10.1. The number of nitrogens with zero attached hydrogens (tertiary/aromatic N) is 2. The molecule has 0 spiro atoms. The van der Waals surface area contributed by atoms with Gasteiger partial charge in [0.1, 0.15) is 0 Å². The van der Waals surface area contributed by atoms with Gasteiger partial charge in [-0.15, -0.1) is 0 Å². The Bertz CT molecular complexity index is 744. The number of benzene rings is 2. The van der Waals surface area contributed by atoms with Gasteiger partial charge in [-0.25, -0.2) is 0 Å². The zero-order valence-corrected chi connectivity index (χ0v) is 16.1. The molecule has 0 bridgehead atoms. The summed E-state index contributed by atoms with van der Waals surface area (Å²) in [6.07, 6.45) is 2.53. The van der Waals surface area contributed by atoms with E-state index in [0.29, 0.717) is 5.56 Å². The van der Waals surface area contributed by atoms with Crippen molar-refractivity contribution in [3.63, 3.8) is 0 Å². The molecule has 138 valence electrons. The molecule has 1 N–H and O–H groups in total. The molecular weight excluding hydrogens is 322 g/mol. The molecule has 26 heavy (non-hydrogen) atoms. The van der Waals surface area contributed by atoms with Gasteiger partial charge in [0.2, 0.25) is 0 Å². The maximum absolute atomic E-state index is 12.6. The van der Waals surface area contributed by atoms with E-state index in [4.69, 9.17) is 0 Å². The number of carbonyl (C=O) groups is 1. The van der Waals surface area contributed by atoms with Crippen molar-refractivity contribution < 1.29 is 4.79 Å². The van der Waals surface area contributed by atoms with E-state index in [1.54, 1.807) is 0 Å². The van der Waals surface area contributed by atoms with Gasteiger partial charge in [0, 0.05) is 48.8 Å². The minimum absolute atomic E-state index is 0.0654. The normalized spacial score (nSPS) is 13.7. The topological polar surface area (TPSA) is 35.6 Å². The SMILES string of the molecule is CCN(CC)c1ccc(C(=O)Nc2ccc(N3CCCC3)c(C)c2)cc1. The second-order valence-electron chi connectivity index (χ2n) is 6.87. The van der Waals surface area contributed by atoms with E-state index >= 15 is 0 Å². The summed E-state index contributed by atoms with van der Waals surface area (Å²) in [6, 6.07) is 14.0. The van der Waals surface area contributed by atoms with Gasteiger partial charge in [-0.05, 0) is 81.6 Å². The number of amides is 1. The number of carbonyl (C=O) groups excluding carboxylic acids is 1. The first-order valence-corrected chi connectivity index (χ1v) is 9.64. The van der Waals surface area contributed by atoms with Crippen LogP contribution in [0.15, 0.2) is 42.5 Å². The zero-order chi connectivity index (χ0) is 18.5. The van der Waals surface area contributed by atoms with Crippen molar-refractivity contribution in [3.8, 4) is 0 Å². The van der Waals surface area contributed by atoms with E-state index in [9.17, 15) is 4.79 Å². The molecule has 0 radical (unpaired) electrons. The third-order valence-electron chi connectivity index (χ3n) is 5.16. The van der Waals surface area contributed by atoms with Gasteiger partial charge < -0.3 is 15.1 Å². The lowest BCUT2D eigenvalue weighted by Gasteiger charge is -2.21. The van der Waals surface area contributed by atoms with E-state index in [-0.39, 0.29) is 5.91 Å². The van der Waals surface area contributed by atoms with Crippen LogP contribution in [0.1, 0.15) is 42.6 Å². The number of aryl methyl sites for hydroxylation is 1. The highest BCUT2D eigenvalue weighted by molar-refractivity contribution is 6.04. The van der Waals surface area contributed by atoms with Crippen LogP contribution in [0.5, 0.6) is 0 Å². The van der Waals surface area contributed by atoms with Gasteiger partial charge in [-0.3, -0.25) is 4.79 Å². The molecule has 2 aromatic carbocycles. The molecule has 2 aromatic rings. The van der Waals surface area contributed by atoms with Crippen LogP contribution in [-0.4, -0.2) is 32.1 Å². The summed E-state index contributed by atoms with van der Waals surface area (Å²) in [4.78, 5) is 17.2. The lowest BCUT2D eigenvalue weighted by molar-refractivity contribution is 0.102. The molecule has 1 amide bonds. The van der Waals surface area contributed by atoms with E-state index in [1.807, 2.05) is 30.3 Å². The van der Waals surface area contributed by atoms with Crippen molar-refractivity contribution in [1.82, 2.24) is 0 Å². The van der Waals surface area contributed by atoms with E-state index in [1.165, 1.54) is 24.1 Å². The van der Waals surface area contributed by atoms with Gasteiger partial charge in [0.05, 0.1) is 0 Å². The smallest absolute Gasteiger partial charge is 0.255 e. The standard InChI is InChI=1S/C22H29N3O/c1-4-24(5-2)20-11-8-18(9-12-20)22(26)23-19-10-13-21(17(3)16-19)25-14-6-7-15-25/h8-13,16H,4-7,14-15H2,1-3H3,(H,23,26). The number of hydrogen-bond donors (Lipinski definition) is 1. The van der Waals surface area contributed by atoms with Gasteiger partial charge in [0.15, 0.2) is 0 Å². The molecule has 1 fully saturated rings. The first kappa shape index (κ1) is 18.3. The van der Waals surface area contributed by atoms with Crippen LogP contribution in [-0.2, 0) is 0 Å². The van der Waals surface area contributed by atoms with Crippen LogP contribution in [0.3, 0.4) is 0 Å². The molecular formula is C22H29N3O. The molecule has 1 aliphatic rings. The fourth-order valence-electron chi connectivity index (χ4n) is 3.66. The van der Waals surface area contributed by atoms with Crippen LogP contribution >= 0.6 is 0 Å². The Morgan fingerprint density at radius 3 is 2.27 bits per heavy atom. The first-order chi connectivity index (χ1) is 12.6. The Morgan fingerprint density at radius 1 is 1.04 bits per heavy atom. The number of rotatable bonds is 6. The molecule has 0 atom stereocenters. The largest absolute Gasteiger partial charge is 0.372 e. The Morgan fingerprint density at radius 2 is 1.69 bits per heavy atom. The quantitative estimate of drug-likeness (QED) is 0.820. The van der Waals surface area contributed by atoms with Crippen molar-refractivity contribution in [2.24, 2.45) is 0 Å². The van der Waals surface area contributed by atoms with Crippen molar-refractivity contribution in [2.45, 2.75) is 33.6 Å². The fraction of sp³-hybridized carbons (Fsp3) is 0.409. The molecule has 1 aliphatic heterocycles. The summed E-state index contributed by atoms with van der Waals surface area (Å²) in [5, 5.41) is 3.02. The van der Waals surface area contributed by atoms with E-state index in [2.05, 4.69) is 48.0 Å². The Hall–Kier alpha value is -2.49. The Labute approximate surface area is 156 Å². The zero-order valence-electron chi connectivity index (χ0n) is 16.1. The maximum Gasteiger partial charge on any atom is 0.255 e. The predicted octanol–water partition coefficient (Wildman–Crippen LogP) is 4.69. The summed E-state index contributed by atoms with van der Waals surface area (Å²) < 4.78 is 0. The average molecular weight is 351 g/mol. The van der Waals surface area contributed by atoms with Crippen molar-refractivity contribution in [2.75, 3.05) is 41.3 Å². The third-order valence-corrected chi connectivity index (χ3v) is 5.16. The highest BCUT2D eigenvalue weighted by Crippen LogP contribution is 2.27. The van der Waals surface area contributed by atoms with Crippen LogP contribution < -0.4 is 15.1 Å². The minimum Gasteiger partial charge on any atom is -0.372 e. The molecule has 0 saturated carbocycles. The molecule has 0 unspecified atom stereocenters. The highest BCUT2D eigenvalue weighted by Gasteiger charge is 2.15. The summed E-state index contributed by atoms with van der Waals surface area (Å²) >= 11 is 0. The molecule has 4 heteroatoms. The second kappa shape index (κ2) is 8.26. The number of nitrogens with one attached hydrogen (secondary N) is 1. The van der Waals surface area contributed by atoms with Gasteiger partial charge in [-0.1, -0.05) is 0 Å². The summed E-state index contributed by atoms with van der Waals surface area (Å²) in [6.45, 7) is 10.6. The number of anilines is 3. The van der Waals surface area contributed by atoms with Crippen molar-refractivity contribution in [1.29, 1.82) is 0 Å². The van der Waals surface area contributed by atoms with Crippen LogP contribution in [0.4, 0.5) is 17.1 Å². The molecule has 0 aliphatic carbocycles. The van der Waals surface area contributed by atoms with Crippen molar-refractivity contribution in [3.05, 3.63) is 53.6 Å². The molecule has 0 aromatic heterocycles. The Kier molecular flexibility index (Phi) is 5.82. The summed E-state index contributed by atoms with van der Waals surface area (Å²) in [5.74, 6) is -0.0654. The van der Waals surface area contributed by atoms with E-state index < -0.39 is 0 Å². The second-order valence-corrected chi connectivity index (χ2v) is 6.87. The monoisotopic (exact) mass is 351 g/mol. The molecule has 4 nitrogen and oxygen atoms in total. The van der Waals surface area contributed by atoms with Crippen LogP contribution in [0, 0.1) is 6.92 Å².